The molecule has 3 aliphatic rings. The van der Waals surface area contributed by atoms with Crippen LogP contribution in [0.1, 0.15) is 40.0 Å². The SMILES string of the molecule is C=C1COC(=O)[C@]12C[C@@]1(C)C([C@@H](OC(=O)C=CS(C)=O)CC[C@@H]1C)[C@H]2OC(C)=O. The van der Waals surface area contributed by atoms with Crippen molar-refractivity contribution in [1.82, 2.24) is 0 Å². The largest absolute Gasteiger partial charge is 0.461 e. The molecule has 7 nitrogen and oxygen atoms in total. The Bertz CT molecular complexity index is 785. The van der Waals surface area contributed by atoms with Gasteiger partial charge in [0.1, 0.15) is 24.2 Å². The molecule has 160 valence electrons. The van der Waals surface area contributed by atoms with Crippen molar-refractivity contribution in [2.75, 3.05) is 12.9 Å². The molecule has 8 heteroatoms. The zero-order chi connectivity index (χ0) is 21.6. The number of hydrogen-bond donors (Lipinski definition) is 0. The lowest BCUT2D eigenvalue weighted by Crippen LogP contribution is -2.50. The summed E-state index contributed by atoms with van der Waals surface area (Å²) in [7, 11) is -1.27. The van der Waals surface area contributed by atoms with Crippen molar-refractivity contribution in [2.45, 2.75) is 52.2 Å². The normalized spacial score (nSPS) is 40.0. The summed E-state index contributed by atoms with van der Waals surface area (Å²) in [6.45, 7) is 9.63. The highest BCUT2D eigenvalue weighted by atomic mass is 32.2. The molecule has 0 aromatic heterocycles. The van der Waals surface area contributed by atoms with E-state index in [4.69, 9.17) is 14.2 Å². The summed E-state index contributed by atoms with van der Waals surface area (Å²) < 4.78 is 28.0. The average Bonchev–Trinajstić information content (AvgIpc) is 3.06. The van der Waals surface area contributed by atoms with Gasteiger partial charge in [0, 0.05) is 41.4 Å². The van der Waals surface area contributed by atoms with Crippen LogP contribution >= 0.6 is 0 Å². The summed E-state index contributed by atoms with van der Waals surface area (Å²) in [5.41, 5.74) is -0.926. The minimum atomic E-state index is -1.27. The molecule has 2 aliphatic carbocycles. The summed E-state index contributed by atoms with van der Waals surface area (Å²) in [5.74, 6) is -1.68. The zero-order valence-electron chi connectivity index (χ0n) is 17.3. The van der Waals surface area contributed by atoms with Gasteiger partial charge in [0.25, 0.3) is 0 Å². The molecule has 0 aromatic rings. The second kappa shape index (κ2) is 7.70. The van der Waals surface area contributed by atoms with Crippen molar-refractivity contribution >= 4 is 28.7 Å². The molecule has 2 saturated carbocycles. The van der Waals surface area contributed by atoms with Gasteiger partial charge in [0.2, 0.25) is 0 Å². The van der Waals surface area contributed by atoms with Gasteiger partial charge in [-0.1, -0.05) is 20.4 Å². The predicted octanol–water partition coefficient (Wildman–Crippen LogP) is 2.28. The fraction of sp³-hybridized carbons (Fsp3) is 0.667. The highest BCUT2D eigenvalue weighted by Crippen LogP contribution is 2.66. The van der Waals surface area contributed by atoms with Gasteiger partial charge in [-0.2, -0.15) is 0 Å². The van der Waals surface area contributed by atoms with Crippen LogP contribution in [0.2, 0.25) is 0 Å². The highest BCUT2D eigenvalue weighted by molar-refractivity contribution is 7.87. The zero-order valence-corrected chi connectivity index (χ0v) is 18.1. The van der Waals surface area contributed by atoms with Crippen LogP contribution < -0.4 is 0 Å². The standard InChI is InChI=1S/C21H28O7S/c1-12-6-7-15(28-16(23)8-9-29(5)25)17-18(27-14(3)22)21(11-20(12,17)4)13(2)10-26-19(21)24/h8-9,12,15,17-18H,2,6-7,10-11H2,1,3-5H3/t12-,15-,17?,18+,20+,21+,29?/m0/s1. The molecule has 1 saturated heterocycles. The highest BCUT2D eigenvalue weighted by Gasteiger charge is 2.71. The maximum absolute atomic E-state index is 12.9. The minimum absolute atomic E-state index is 0.100. The minimum Gasteiger partial charge on any atom is -0.461 e. The van der Waals surface area contributed by atoms with Crippen LogP contribution in [-0.4, -0.2) is 47.2 Å². The van der Waals surface area contributed by atoms with E-state index in [-0.39, 0.29) is 18.4 Å². The van der Waals surface area contributed by atoms with Crippen LogP contribution in [-0.2, 0) is 39.4 Å². The third kappa shape index (κ3) is 3.56. The number of hydrogen-bond acceptors (Lipinski definition) is 7. The summed E-state index contributed by atoms with van der Waals surface area (Å²) >= 11 is 0. The Morgan fingerprint density at radius 3 is 2.55 bits per heavy atom. The number of carbonyl (C=O) groups excluding carboxylic acids is 3. The number of esters is 3. The molecular formula is C21H28O7S. The maximum Gasteiger partial charge on any atom is 0.331 e. The van der Waals surface area contributed by atoms with E-state index < -0.39 is 51.7 Å². The van der Waals surface area contributed by atoms with Gasteiger partial charge < -0.3 is 14.2 Å². The second-order valence-electron chi connectivity index (χ2n) is 8.64. The number of ether oxygens (including phenoxy) is 3. The van der Waals surface area contributed by atoms with Crippen molar-refractivity contribution in [2.24, 2.45) is 22.7 Å². The molecule has 0 amide bonds. The Hall–Kier alpha value is -1.96. The van der Waals surface area contributed by atoms with E-state index in [1.165, 1.54) is 18.6 Å². The molecule has 29 heavy (non-hydrogen) atoms. The first-order valence-electron chi connectivity index (χ1n) is 9.76. The van der Waals surface area contributed by atoms with Crippen molar-refractivity contribution in [3.05, 3.63) is 23.6 Å². The topological polar surface area (TPSA) is 96.0 Å². The average molecular weight is 425 g/mol. The molecule has 0 bridgehead atoms. The van der Waals surface area contributed by atoms with Crippen LogP contribution in [0, 0.1) is 22.7 Å². The van der Waals surface area contributed by atoms with Crippen LogP contribution in [0.15, 0.2) is 23.6 Å². The monoisotopic (exact) mass is 424 g/mol. The molecule has 3 fully saturated rings. The Balaban J connectivity index is 2.02. The molecule has 1 spiro atoms. The summed E-state index contributed by atoms with van der Waals surface area (Å²) in [6.07, 6.45) is 3.09. The van der Waals surface area contributed by atoms with E-state index in [0.29, 0.717) is 18.4 Å². The van der Waals surface area contributed by atoms with E-state index in [2.05, 4.69) is 20.4 Å². The van der Waals surface area contributed by atoms with Crippen LogP contribution in [0.25, 0.3) is 0 Å². The van der Waals surface area contributed by atoms with Crippen molar-refractivity contribution in [1.29, 1.82) is 0 Å². The van der Waals surface area contributed by atoms with Gasteiger partial charge in [-0.15, -0.1) is 0 Å². The first-order chi connectivity index (χ1) is 13.5. The predicted molar refractivity (Wildman–Crippen MR) is 106 cm³/mol. The van der Waals surface area contributed by atoms with Gasteiger partial charge >= 0.3 is 17.9 Å². The van der Waals surface area contributed by atoms with Crippen molar-refractivity contribution in [3.8, 4) is 0 Å². The second-order valence-corrected chi connectivity index (χ2v) is 9.91. The van der Waals surface area contributed by atoms with Crippen LogP contribution in [0.4, 0.5) is 0 Å². The Labute approximate surface area is 173 Å². The quantitative estimate of drug-likeness (QED) is 0.296. The molecule has 2 unspecified atom stereocenters. The Morgan fingerprint density at radius 2 is 2.00 bits per heavy atom. The lowest BCUT2D eigenvalue weighted by Gasteiger charge is -2.46. The molecular weight excluding hydrogens is 396 g/mol. The lowest BCUT2D eigenvalue weighted by atomic mass is 9.61. The Kier molecular flexibility index (Phi) is 5.77. The number of carbonyl (C=O) groups is 3. The van der Waals surface area contributed by atoms with Gasteiger partial charge in [-0.25, -0.2) is 4.79 Å². The molecule has 0 radical (unpaired) electrons. The van der Waals surface area contributed by atoms with E-state index in [1.54, 1.807) is 0 Å². The van der Waals surface area contributed by atoms with Gasteiger partial charge in [-0.3, -0.25) is 13.8 Å². The van der Waals surface area contributed by atoms with E-state index in [9.17, 15) is 18.6 Å². The summed E-state index contributed by atoms with van der Waals surface area (Å²) in [4.78, 5) is 37.1. The van der Waals surface area contributed by atoms with Gasteiger partial charge in [0.15, 0.2) is 0 Å². The first kappa shape index (κ1) is 21.7. The fourth-order valence-corrected chi connectivity index (χ4v) is 5.71. The van der Waals surface area contributed by atoms with Gasteiger partial charge in [0.05, 0.1) is 0 Å². The van der Waals surface area contributed by atoms with Crippen molar-refractivity contribution < 1.29 is 32.8 Å². The fourth-order valence-electron chi connectivity index (χ4n) is 5.41. The molecule has 7 atom stereocenters. The van der Waals surface area contributed by atoms with E-state index >= 15 is 0 Å². The smallest absolute Gasteiger partial charge is 0.331 e. The third-order valence-electron chi connectivity index (χ3n) is 6.97. The maximum atomic E-state index is 12.9. The molecule has 1 heterocycles. The molecule has 0 aromatic carbocycles. The first-order valence-corrected chi connectivity index (χ1v) is 11.4. The lowest BCUT2D eigenvalue weighted by molar-refractivity contribution is -0.172. The van der Waals surface area contributed by atoms with Gasteiger partial charge in [-0.05, 0) is 36.2 Å². The number of rotatable bonds is 4. The van der Waals surface area contributed by atoms with E-state index in [0.717, 1.165) is 12.5 Å². The van der Waals surface area contributed by atoms with Crippen LogP contribution in [0.5, 0.6) is 0 Å². The van der Waals surface area contributed by atoms with Crippen LogP contribution in [0.3, 0.4) is 0 Å². The third-order valence-corrected chi connectivity index (χ3v) is 7.49. The molecule has 3 rings (SSSR count). The number of fused-ring (bicyclic) bond motifs is 1. The molecule has 0 N–H and O–H groups in total. The Morgan fingerprint density at radius 1 is 1.31 bits per heavy atom. The summed E-state index contributed by atoms with van der Waals surface area (Å²) in [5, 5.41) is 1.27. The van der Waals surface area contributed by atoms with E-state index in [1.807, 2.05) is 0 Å². The molecule has 1 aliphatic heterocycles. The number of cyclic esters (lactones) is 1. The van der Waals surface area contributed by atoms with Crippen molar-refractivity contribution in [3.63, 3.8) is 0 Å². The summed E-state index contributed by atoms with van der Waals surface area (Å²) in [6, 6.07) is 0.